The molecule has 2 N–H and O–H groups in total. The summed E-state index contributed by atoms with van der Waals surface area (Å²) in [5.74, 6) is -1.65. The number of likely N-dealkylation sites (N-methyl/N-ethyl adjacent to an activating group) is 1. The lowest BCUT2D eigenvalue weighted by Crippen LogP contribution is -2.53. The molecule has 1 unspecified atom stereocenters. The molecule has 0 spiro atoms. The zero-order valence-corrected chi connectivity index (χ0v) is 20.8. The summed E-state index contributed by atoms with van der Waals surface area (Å²) < 4.78 is 0. The highest BCUT2D eigenvalue weighted by Gasteiger charge is 2.37. The van der Waals surface area contributed by atoms with E-state index in [1.54, 1.807) is 18.0 Å². The predicted molar refractivity (Wildman–Crippen MR) is 128 cm³/mol. The molecule has 32 heavy (non-hydrogen) atoms. The Kier molecular flexibility index (Phi) is 10.1. The first kappa shape index (κ1) is 27.4. The van der Waals surface area contributed by atoms with E-state index in [1.807, 2.05) is 58.0 Å². The van der Waals surface area contributed by atoms with Gasteiger partial charge in [-0.25, -0.2) is 4.79 Å². The van der Waals surface area contributed by atoms with Crippen molar-refractivity contribution >= 4 is 17.8 Å². The lowest BCUT2D eigenvalue weighted by molar-refractivity contribution is -0.138. The third kappa shape index (κ3) is 6.68. The average Bonchev–Trinajstić information content (AvgIpc) is 2.75. The molecule has 0 aliphatic carbocycles. The standard InChI is InChI=1S/C26H40N2O4/c1-9-20(26(6,7)19-14-12-11-13-15-19)23(29)27-21(10-2)24(30)28(8)22(17(3)4)16-18(5)25(31)32/h11-17,20-22H,9-10H2,1-8H3,(H,27,29)(H,31,32)/b18-16+/t20-,21?,22-/m1/s1. The van der Waals surface area contributed by atoms with Crippen molar-refractivity contribution in [1.29, 1.82) is 0 Å². The van der Waals surface area contributed by atoms with Gasteiger partial charge in [-0.2, -0.15) is 0 Å². The smallest absolute Gasteiger partial charge is 0.331 e. The zero-order valence-electron chi connectivity index (χ0n) is 20.8. The lowest BCUT2D eigenvalue weighted by atomic mass is 9.71. The normalized spacial score (nSPS) is 15.1. The van der Waals surface area contributed by atoms with E-state index in [0.29, 0.717) is 12.8 Å². The highest BCUT2D eigenvalue weighted by Crippen LogP contribution is 2.34. The minimum absolute atomic E-state index is 0.0202. The summed E-state index contributed by atoms with van der Waals surface area (Å²) in [6.07, 6.45) is 2.69. The van der Waals surface area contributed by atoms with Crippen LogP contribution >= 0.6 is 0 Å². The summed E-state index contributed by atoms with van der Waals surface area (Å²) in [6.45, 7) is 13.4. The van der Waals surface area contributed by atoms with Gasteiger partial charge >= 0.3 is 5.97 Å². The van der Waals surface area contributed by atoms with Crippen LogP contribution in [0.1, 0.15) is 66.9 Å². The number of amides is 2. The Morgan fingerprint density at radius 3 is 2.09 bits per heavy atom. The van der Waals surface area contributed by atoms with Gasteiger partial charge in [0.2, 0.25) is 11.8 Å². The maximum Gasteiger partial charge on any atom is 0.331 e. The second-order valence-corrected chi connectivity index (χ2v) is 9.36. The van der Waals surface area contributed by atoms with Crippen LogP contribution in [0.15, 0.2) is 42.0 Å². The van der Waals surface area contributed by atoms with Crippen LogP contribution in [-0.2, 0) is 19.8 Å². The first-order chi connectivity index (χ1) is 14.9. The zero-order chi connectivity index (χ0) is 24.6. The molecule has 6 heteroatoms. The molecule has 1 rings (SSSR count). The third-order valence-corrected chi connectivity index (χ3v) is 6.37. The van der Waals surface area contributed by atoms with Crippen molar-refractivity contribution in [3.05, 3.63) is 47.5 Å². The highest BCUT2D eigenvalue weighted by molar-refractivity contribution is 5.90. The van der Waals surface area contributed by atoms with E-state index in [4.69, 9.17) is 0 Å². The number of benzene rings is 1. The van der Waals surface area contributed by atoms with Crippen LogP contribution in [0.25, 0.3) is 0 Å². The topological polar surface area (TPSA) is 86.7 Å². The van der Waals surface area contributed by atoms with Gasteiger partial charge in [-0.3, -0.25) is 9.59 Å². The van der Waals surface area contributed by atoms with E-state index in [9.17, 15) is 19.5 Å². The van der Waals surface area contributed by atoms with Gasteiger partial charge in [-0.05, 0) is 31.2 Å². The Hall–Kier alpha value is -2.63. The molecule has 6 nitrogen and oxygen atoms in total. The van der Waals surface area contributed by atoms with Crippen molar-refractivity contribution in [2.45, 2.75) is 78.8 Å². The van der Waals surface area contributed by atoms with Crippen LogP contribution < -0.4 is 5.32 Å². The molecule has 0 fully saturated rings. The number of hydrogen-bond acceptors (Lipinski definition) is 3. The fourth-order valence-corrected chi connectivity index (χ4v) is 4.17. The van der Waals surface area contributed by atoms with Crippen molar-refractivity contribution in [2.24, 2.45) is 11.8 Å². The number of rotatable bonds is 11. The highest BCUT2D eigenvalue weighted by atomic mass is 16.4. The van der Waals surface area contributed by atoms with Crippen molar-refractivity contribution in [1.82, 2.24) is 10.2 Å². The van der Waals surface area contributed by atoms with Gasteiger partial charge in [0.25, 0.3) is 0 Å². The van der Waals surface area contributed by atoms with Crippen molar-refractivity contribution in [2.75, 3.05) is 7.05 Å². The van der Waals surface area contributed by atoms with Gasteiger partial charge in [-0.1, -0.05) is 78.0 Å². The SMILES string of the molecule is CCC(NC(=O)[C@@H](CC)C(C)(C)c1ccccc1)C(=O)N(C)[C@H](/C=C(\C)C(=O)O)C(C)C. The van der Waals surface area contributed by atoms with Gasteiger partial charge < -0.3 is 15.3 Å². The van der Waals surface area contributed by atoms with Crippen molar-refractivity contribution < 1.29 is 19.5 Å². The summed E-state index contributed by atoms with van der Waals surface area (Å²) in [4.78, 5) is 39.4. The number of nitrogens with zero attached hydrogens (tertiary/aromatic N) is 1. The Bertz CT molecular complexity index is 814. The van der Waals surface area contributed by atoms with Crippen LogP contribution in [-0.4, -0.2) is 46.9 Å². The lowest BCUT2D eigenvalue weighted by Gasteiger charge is -2.36. The van der Waals surface area contributed by atoms with E-state index in [-0.39, 0.29) is 35.3 Å². The number of hydrogen-bond donors (Lipinski definition) is 2. The second kappa shape index (κ2) is 11.8. The Balaban J connectivity index is 3.09. The van der Waals surface area contributed by atoms with Crippen molar-refractivity contribution in [3.63, 3.8) is 0 Å². The molecule has 178 valence electrons. The van der Waals surface area contributed by atoms with Gasteiger partial charge in [0.15, 0.2) is 0 Å². The Morgan fingerprint density at radius 1 is 1.09 bits per heavy atom. The van der Waals surface area contributed by atoms with E-state index in [1.165, 1.54) is 6.92 Å². The number of aliphatic carboxylic acids is 1. The number of nitrogens with one attached hydrogen (secondary N) is 1. The third-order valence-electron chi connectivity index (χ3n) is 6.37. The van der Waals surface area contributed by atoms with E-state index in [0.717, 1.165) is 5.56 Å². The minimum atomic E-state index is -1.01. The summed E-state index contributed by atoms with van der Waals surface area (Å²) in [6, 6.07) is 8.88. The Labute approximate surface area is 193 Å². The maximum absolute atomic E-state index is 13.3. The van der Waals surface area contributed by atoms with Crippen LogP contribution in [0.4, 0.5) is 0 Å². The van der Waals surface area contributed by atoms with Gasteiger partial charge in [-0.15, -0.1) is 0 Å². The molecule has 3 atom stereocenters. The minimum Gasteiger partial charge on any atom is -0.478 e. The van der Waals surface area contributed by atoms with Crippen LogP contribution in [0.5, 0.6) is 0 Å². The molecule has 0 bridgehead atoms. The summed E-state index contributed by atoms with van der Waals surface area (Å²) in [5.41, 5.74) is 0.874. The van der Waals surface area contributed by atoms with Gasteiger partial charge in [0.05, 0.1) is 6.04 Å². The number of carboxylic acid groups (broad SMARTS) is 1. The van der Waals surface area contributed by atoms with E-state index >= 15 is 0 Å². The molecule has 0 radical (unpaired) electrons. The molecular weight excluding hydrogens is 404 g/mol. The summed E-state index contributed by atoms with van der Waals surface area (Å²) in [5, 5.41) is 12.2. The largest absolute Gasteiger partial charge is 0.478 e. The van der Waals surface area contributed by atoms with Crippen LogP contribution in [0.2, 0.25) is 0 Å². The monoisotopic (exact) mass is 444 g/mol. The average molecular weight is 445 g/mol. The fourth-order valence-electron chi connectivity index (χ4n) is 4.17. The van der Waals surface area contributed by atoms with Crippen LogP contribution in [0, 0.1) is 11.8 Å². The van der Waals surface area contributed by atoms with E-state index < -0.39 is 17.4 Å². The van der Waals surface area contributed by atoms with Crippen molar-refractivity contribution in [3.8, 4) is 0 Å². The maximum atomic E-state index is 13.3. The van der Waals surface area contributed by atoms with Crippen LogP contribution in [0.3, 0.4) is 0 Å². The van der Waals surface area contributed by atoms with Gasteiger partial charge in [0.1, 0.15) is 6.04 Å². The number of carbonyl (C=O) groups excluding carboxylic acids is 2. The molecule has 1 aromatic carbocycles. The molecular formula is C26H40N2O4. The molecule has 0 saturated heterocycles. The molecule has 2 amide bonds. The first-order valence-electron chi connectivity index (χ1n) is 11.4. The number of carbonyl (C=O) groups is 3. The summed E-state index contributed by atoms with van der Waals surface area (Å²) in [7, 11) is 1.67. The number of carboxylic acids is 1. The molecule has 0 aliphatic heterocycles. The second-order valence-electron chi connectivity index (χ2n) is 9.36. The molecule has 0 aliphatic rings. The summed E-state index contributed by atoms with van der Waals surface area (Å²) >= 11 is 0. The molecule has 0 saturated carbocycles. The van der Waals surface area contributed by atoms with E-state index in [2.05, 4.69) is 19.2 Å². The fraction of sp³-hybridized carbons (Fsp3) is 0.577. The quantitative estimate of drug-likeness (QED) is 0.495. The molecule has 0 aromatic heterocycles. The predicted octanol–water partition coefficient (Wildman–Crippen LogP) is 4.40. The van der Waals surface area contributed by atoms with Gasteiger partial charge in [0, 0.05) is 24.0 Å². The first-order valence-corrected chi connectivity index (χ1v) is 11.4. The molecule has 0 heterocycles. The molecule has 1 aromatic rings. The Morgan fingerprint density at radius 2 is 1.66 bits per heavy atom.